The van der Waals surface area contributed by atoms with Gasteiger partial charge in [-0.2, -0.15) is 0 Å². The number of hydrogen-bond donors (Lipinski definition) is 0. The summed E-state index contributed by atoms with van der Waals surface area (Å²) in [5.74, 6) is 0. The second-order valence-electron chi connectivity index (χ2n) is 13.4. The molecule has 0 unspecified atom stereocenters. The van der Waals surface area contributed by atoms with E-state index in [1.165, 1.54) is 88.7 Å². The third kappa shape index (κ3) is 3.12. The lowest BCUT2D eigenvalue weighted by Crippen LogP contribution is -2.25. The van der Waals surface area contributed by atoms with E-state index in [1.54, 1.807) is 0 Å². The third-order valence-electron chi connectivity index (χ3n) is 10.9. The van der Waals surface area contributed by atoms with Crippen molar-refractivity contribution in [2.24, 2.45) is 0 Å². The summed E-state index contributed by atoms with van der Waals surface area (Å²) in [6, 6.07) is 52.9. The maximum atomic E-state index is 3.72. The zero-order chi connectivity index (χ0) is 30.1. The predicted molar refractivity (Wildman–Crippen MR) is 191 cm³/mol. The summed E-state index contributed by atoms with van der Waals surface area (Å²) in [7, 11) is 0. The Kier molecular flexibility index (Phi) is 4.95. The highest BCUT2D eigenvalue weighted by atomic mass is 79.9. The van der Waals surface area contributed by atoms with E-state index in [1.807, 2.05) is 0 Å². The first kappa shape index (κ1) is 25.6. The van der Waals surface area contributed by atoms with Crippen LogP contribution in [0.1, 0.15) is 47.2 Å². The number of fused-ring (bicyclic) bond motifs is 15. The largest absolute Gasteiger partial charge is 0.0725 e. The molecule has 1 spiro atoms. The van der Waals surface area contributed by atoms with Crippen molar-refractivity contribution in [2.45, 2.75) is 24.7 Å². The van der Waals surface area contributed by atoms with Crippen LogP contribution in [0, 0.1) is 0 Å². The zero-order valence-electron chi connectivity index (χ0n) is 25.2. The van der Waals surface area contributed by atoms with Gasteiger partial charge in [0, 0.05) is 9.89 Å². The Labute approximate surface area is 272 Å². The summed E-state index contributed by atoms with van der Waals surface area (Å²) >= 11 is 3.72. The lowest BCUT2D eigenvalue weighted by atomic mass is 9.70. The smallest absolute Gasteiger partial charge is 0.0619 e. The van der Waals surface area contributed by atoms with E-state index in [4.69, 9.17) is 0 Å². The minimum atomic E-state index is -0.365. The Morgan fingerprint density at radius 3 is 1.71 bits per heavy atom. The molecule has 0 aliphatic heterocycles. The maximum Gasteiger partial charge on any atom is 0.0725 e. The average molecular weight is 638 g/mol. The molecule has 0 bridgehead atoms. The summed E-state index contributed by atoms with van der Waals surface area (Å²) < 4.78 is 1.13. The molecule has 3 aliphatic rings. The van der Waals surface area contributed by atoms with Gasteiger partial charge in [0.15, 0.2) is 0 Å². The molecule has 0 saturated carbocycles. The van der Waals surface area contributed by atoms with E-state index in [2.05, 4.69) is 169 Å². The van der Waals surface area contributed by atoms with Gasteiger partial charge in [0.05, 0.1) is 5.41 Å². The molecule has 0 saturated heterocycles. The van der Waals surface area contributed by atoms with Crippen LogP contribution in [-0.4, -0.2) is 0 Å². The number of hydrogen-bond acceptors (Lipinski definition) is 0. The molecule has 0 N–H and O–H groups in total. The molecule has 7 aromatic rings. The topological polar surface area (TPSA) is 0 Å². The molecule has 0 amide bonds. The van der Waals surface area contributed by atoms with E-state index < -0.39 is 0 Å². The SMILES string of the molecule is CC1(C)c2cc(Br)ccc2-c2ccc(-c3ccc4c(c3)C3(c5ccccc5-c5ccccc53)c3ccc5ccccc5c3-4)cc21. The van der Waals surface area contributed by atoms with Crippen molar-refractivity contribution in [1.82, 2.24) is 0 Å². The van der Waals surface area contributed by atoms with Crippen molar-refractivity contribution in [3.63, 3.8) is 0 Å². The first-order valence-corrected chi connectivity index (χ1v) is 16.6. The van der Waals surface area contributed by atoms with E-state index in [0.29, 0.717) is 0 Å². The second kappa shape index (κ2) is 8.71. The Hall–Kier alpha value is -4.72. The van der Waals surface area contributed by atoms with E-state index in [0.717, 1.165) is 4.47 Å². The molecule has 0 fully saturated rings. The minimum Gasteiger partial charge on any atom is -0.0619 e. The normalized spacial score (nSPS) is 15.4. The van der Waals surface area contributed by atoms with Crippen molar-refractivity contribution < 1.29 is 0 Å². The van der Waals surface area contributed by atoms with Gasteiger partial charge in [-0.1, -0.05) is 145 Å². The molecule has 0 heterocycles. The van der Waals surface area contributed by atoms with Gasteiger partial charge < -0.3 is 0 Å². The quantitative estimate of drug-likeness (QED) is 0.168. The minimum absolute atomic E-state index is 0.0686. The average Bonchev–Trinajstić information content (AvgIpc) is 3.63. The summed E-state index contributed by atoms with van der Waals surface area (Å²) in [6.45, 7) is 4.72. The van der Waals surface area contributed by atoms with Crippen LogP contribution in [0.25, 0.3) is 55.3 Å². The van der Waals surface area contributed by atoms with Gasteiger partial charge in [0.25, 0.3) is 0 Å². The molecule has 10 rings (SSSR count). The van der Waals surface area contributed by atoms with Crippen LogP contribution in [0.5, 0.6) is 0 Å². The van der Waals surface area contributed by atoms with Crippen LogP contribution in [-0.2, 0) is 10.8 Å². The molecule has 45 heavy (non-hydrogen) atoms. The van der Waals surface area contributed by atoms with Crippen LogP contribution in [0.2, 0.25) is 0 Å². The van der Waals surface area contributed by atoms with Crippen molar-refractivity contribution >= 4 is 26.7 Å². The van der Waals surface area contributed by atoms with Gasteiger partial charge in [0.1, 0.15) is 0 Å². The third-order valence-corrected chi connectivity index (χ3v) is 11.4. The van der Waals surface area contributed by atoms with Gasteiger partial charge >= 0.3 is 0 Å². The molecule has 3 aliphatic carbocycles. The highest BCUT2D eigenvalue weighted by Crippen LogP contribution is 2.64. The first-order valence-electron chi connectivity index (χ1n) is 15.8. The molecule has 7 aromatic carbocycles. The molecule has 0 aromatic heterocycles. The second-order valence-corrected chi connectivity index (χ2v) is 14.3. The van der Waals surface area contributed by atoms with Gasteiger partial charge in [-0.05, 0) is 113 Å². The van der Waals surface area contributed by atoms with Crippen molar-refractivity contribution in [1.29, 1.82) is 0 Å². The number of halogens is 1. The standard InChI is InChI=1S/C44H29Br/c1-43(2)39-23-27(15-19-33(39)34-21-18-29(45)25-40(34)43)28-16-20-35-41(24-28)44(38-22-17-26-9-3-4-10-30(26)42(35)38)36-13-7-5-11-31(36)32-12-6-8-14-37(32)44/h3-25H,1-2H3. The zero-order valence-corrected chi connectivity index (χ0v) is 26.7. The molecular formula is C44H29Br. The summed E-state index contributed by atoms with van der Waals surface area (Å²) in [5, 5.41) is 2.61. The fraction of sp³-hybridized carbons (Fsp3) is 0.0909. The molecular weight excluding hydrogens is 608 g/mol. The van der Waals surface area contributed by atoms with Crippen LogP contribution in [0.3, 0.4) is 0 Å². The fourth-order valence-corrected chi connectivity index (χ4v) is 9.34. The van der Waals surface area contributed by atoms with E-state index in [-0.39, 0.29) is 10.8 Å². The lowest BCUT2D eigenvalue weighted by Gasteiger charge is -2.31. The van der Waals surface area contributed by atoms with E-state index in [9.17, 15) is 0 Å². The number of rotatable bonds is 1. The van der Waals surface area contributed by atoms with Crippen molar-refractivity contribution in [3.05, 3.63) is 177 Å². The Morgan fingerprint density at radius 1 is 0.422 bits per heavy atom. The summed E-state index contributed by atoms with van der Waals surface area (Å²) in [5.41, 5.74) is 18.5. The Morgan fingerprint density at radius 2 is 0.978 bits per heavy atom. The predicted octanol–water partition coefficient (Wildman–Crippen LogP) is 11.9. The molecule has 212 valence electrons. The van der Waals surface area contributed by atoms with Gasteiger partial charge in [-0.3, -0.25) is 0 Å². The number of benzene rings is 7. The Balaban J connectivity index is 1.26. The van der Waals surface area contributed by atoms with Crippen LogP contribution in [0.4, 0.5) is 0 Å². The lowest BCUT2D eigenvalue weighted by molar-refractivity contribution is 0.660. The maximum absolute atomic E-state index is 3.72. The summed E-state index contributed by atoms with van der Waals surface area (Å²) in [4.78, 5) is 0. The highest BCUT2D eigenvalue weighted by Gasteiger charge is 2.52. The van der Waals surface area contributed by atoms with Crippen LogP contribution < -0.4 is 0 Å². The Bertz CT molecular complexity index is 2380. The van der Waals surface area contributed by atoms with Crippen molar-refractivity contribution in [2.75, 3.05) is 0 Å². The molecule has 0 nitrogen and oxygen atoms in total. The van der Waals surface area contributed by atoms with Crippen LogP contribution in [0.15, 0.2) is 144 Å². The van der Waals surface area contributed by atoms with Gasteiger partial charge in [-0.25, -0.2) is 0 Å². The highest BCUT2D eigenvalue weighted by molar-refractivity contribution is 9.10. The molecule has 0 atom stereocenters. The summed E-state index contributed by atoms with van der Waals surface area (Å²) in [6.07, 6.45) is 0. The van der Waals surface area contributed by atoms with Crippen LogP contribution >= 0.6 is 15.9 Å². The van der Waals surface area contributed by atoms with E-state index >= 15 is 0 Å². The van der Waals surface area contributed by atoms with Crippen molar-refractivity contribution in [3.8, 4) is 44.5 Å². The molecule has 0 radical (unpaired) electrons. The van der Waals surface area contributed by atoms with Gasteiger partial charge in [-0.15, -0.1) is 0 Å². The monoisotopic (exact) mass is 636 g/mol. The first-order chi connectivity index (χ1) is 22.0. The molecule has 1 heteroatoms. The fourth-order valence-electron chi connectivity index (χ4n) is 8.98. The van der Waals surface area contributed by atoms with Gasteiger partial charge in [0.2, 0.25) is 0 Å².